The molecule has 1 aliphatic carbocycles. The van der Waals surface area contributed by atoms with Crippen molar-refractivity contribution in [2.45, 2.75) is 64.6 Å². The van der Waals surface area contributed by atoms with Crippen molar-refractivity contribution in [2.75, 3.05) is 0 Å². The van der Waals surface area contributed by atoms with Gasteiger partial charge in [-0.1, -0.05) is 23.8 Å². The maximum absolute atomic E-state index is 12.0. The minimum Gasteiger partial charge on any atom is -0.462 e. The smallest absolute Gasteiger partial charge is 0.334 e. The van der Waals surface area contributed by atoms with E-state index < -0.39 is 0 Å². The molecule has 130 valence electrons. The zero-order valence-electron chi connectivity index (χ0n) is 14.5. The average molecular weight is 330 g/mol. The highest BCUT2D eigenvalue weighted by Crippen LogP contribution is 2.35. The third kappa shape index (κ3) is 3.63. The van der Waals surface area contributed by atoms with Crippen LogP contribution in [0.5, 0.6) is 0 Å². The molecule has 2 saturated heterocycles. The predicted octanol–water partition coefficient (Wildman–Crippen LogP) is 3.87. The summed E-state index contributed by atoms with van der Waals surface area (Å²) in [6.07, 6.45) is 8.98. The Kier molecular flexibility index (Phi) is 4.93. The second-order valence-electron chi connectivity index (χ2n) is 7.38. The highest BCUT2D eigenvalue weighted by molar-refractivity contribution is 5.91. The summed E-state index contributed by atoms with van der Waals surface area (Å²) in [5, 5.41) is 0. The number of esters is 2. The molecule has 4 nitrogen and oxygen atoms in total. The lowest BCUT2D eigenvalue weighted by molar-refractivity contribution is -0.144. The molecule has 0 amide bonds. The molecule has 2 aliphatic heterocycles. The Balaban J connectivity index is 1.83. The van der Waals surface area contributed by atoms with E-state index in [0.717, 1.165) is 37.7 Å². The van der Waals surface area contributed by atoms with Crippen molar-refractivity contribution in [3.63, 3.8) is 0 Å². The van der Waals surface area contributed by atoms with Crippen LogP contribution in [0.15, 0.2) is 35.5 Å². The second kappa shape index (κ2) is 6.96. The zero-order valence-corrected chi connectivity index (χ0v) is 14.5. The number of rotatable bonds is 0. The van der Waals surface area contributed by atoms with E-state index in [9.17, 15) is 9.59 Å². The summed E-state index contributed by atoms with van der Waals surface area (Å²) in [6, 6.07) is 0. The standard InChI is InChI=1S/C20H26O4/c1-12-5-4-6-15-11-16(23-20(15)22)9-13(2)10-18-17(8-7-12)14(3)19(21)24-18/h5,10,15-18H,3-4,6-9,11H2,1-2H3/b12-5+,13-10-. The molecule has 0 aromatic carbocycles. The third-order valence-corrected chi connectivity index (χ3v) is 5.37. The minimum atomic E-state index is -0.285. The van der Waals surface area contributed by atoms with Gasteiger partial charge in [0.25, 0.3) is 0 Å². The predicted molar refractivity (Wildman–Crippen MR) is 91.1 cm³/mol. The van der Waals surface area contributed by atoms with E-state index in [0.29, 0.717) is 12.0 Å². The number of hydrogen-bond donors (Lipinski definition) is 0. The molecule has 4 unspecified atom stereocenters. The Morgan fingerprint density at radius 1 is 1.12 bits per heavy atom. The van der Waals surface area contributed by atoms with Crippen LogP contribution >= 0.6 is 0 Å². The maximum Gasteiger partial charge on any atom is 0.334 e. The Morgan fingerprint density at radius 3 is 2.71 bits per heavy atom. The quantitative estimate of drug-likeness (QED) is 0.384. The molecule has 2 fully saturated rings. The fourth-order valence-electron chi connectivity index (χ4n) is 3.93. The number of hydrogen-bond acceptors (Lipinski definition) is 4. The molecule has 2 bridgehead atoms. The first-order valence-electron chi connectivity index (χ1n) is 8.87. The van der Waals surface area contributed by atoms with E-state index in [1.54, 1.807) is 0 Å². The molecule has 2 heterocycles. The SMILES string of the molecule is C=C1C(=O)OC2/C=C(/C)CC3CC(CC/C=C(\C)CCC12)C(=O)O3. The summed E-state index contributed by atoms with van der Waals surface area (Å²) in [7, 11) is 0. The Morgan fingerprint density at radius 2 is 1.92 bits per heavy atom. The number of fused-ring (bicyclic) bond motifs is 3. The Hall–Kier alpha value is -1.84. The highest BCUT2D eigenvalue weighted by Gasteiger charge is 2.38. The van der Waals surface area contributed by atoms with Gasteiger partial charge in [-0.15, -0.1) is 0 Å². The van der Waals surface area contributed by atoms with Crippen molar-refractivity contribution >= 4 is 11.9 Å². The first kappa shape index (κ1) is 17.0. The zero-order chi connectivity index (χ0) is 17.3. The highest BCUT2D eigenvalue weighted by atomic mass is 16.6. The first-order valence-corrected chi connectivity index (χ1v) is 8.87. The van der Waals surface area contributed by atoms with Crippen LogP contribution < -0.4 is 0 Å². The van der Waals surface area contributed by atoms with Crippen molar-refractivity contribution in [1.29, 1.82) is 0 Å². The lowest BCUT2D eigenvalue weighted by atomic mass is 9.88. The van der Waals surface area contributed by atoms with E-state index in [-0.39, 0.29) is 36.0 Å². The fraction of sp³-hybridized carbons (Fsp3) is 0.600. The number of carbonyl (C=O) groups is 2. The van der Waals surface area contributed by atoms with Gasteiger partial charge in [-0.25, -0.2) is 4.79 Å². The monoisotopic (exact) mass is 330 g/mol. The number of allylic oxidation sites excluding steroid dienone is 2. The lowest BCUT2D eigenvalue weighted by Gasteiger charge is -2.17. The van der Waals surface area contributed by atoms with E-state index in [1.165, 1.54) is 5.57 Å². The molecule has 24 heavy (non-hydrogen) atoms. The molecular weight excluding hydrogens is 304 g/mol. The molecule has 0 saturated carbocycles. The average Bonchev–Trinajstić information content (AvgIpc) is 2.97. The molecule has 0 aromatic rings. The Bertz CT molecular complexity index is 613. The van der Waals surface area contributed by atoms with Crippen LogP contribution in [-0.4, -0.2) is 24.1 Å². The summed E-state index contributed by atoms with van der Waals surface area (Å²) in [5.74, 6) is -0.288. The van der Waals surface area contributed by atoms with Gasteiger partial charge in [-0.3, -0.25) is 4.79 Å². The van der Waals surface area contributed by atoms with E-state index in [1.807, 2.05) is 13.0 Å². The molecule has 4 atom stereocenters. The van der Waals surface area contributed by atoms with Gasteiger partial charge in [-0.05, 0) is 52.0 Å². The van der Waals surface area contributed by atoms with Gasteiger partial charge in [0, 0.05) is 17.9 Å². The third-order valence-electron chi connectivity index (χ3n) is 5.37. The van der Waals surface area contributed by atoms with Crippen molar-refractivity contribution in [2.24, 2.45) is 11.8 Å². The summed E-state index contributed by atoms with van der Waals surface area (Å²) in [5.41, 5.74) is 2.98. The van der Waals surface area contributed by atoms with Gasteiger partial charge in [0.1, 0.15) is 12.2 Å². The van der Waals surface area contributed by atoms with E-state index in [4.69, 9.17) is 9.47 Å². The van der Waals surface area contributed by atoms with E-state index in [2.05, 4.69) is 19.6 Å². The van der Waals surface area contributed by atoms with Crippen LogP contribution in [0.3, 0.4) is 0 Å². The summed E-state index contributed by atoms with van der Waals surface area (Å²) in [6.45, 7) is 8.05. The van der Waals surface area contributed by atoms with E-state index >= 15 is 0 Å². The van der Waals surface area contributed by atoms with Gasteiger partial charge < -0.3 is 9.47 Å². The van der Waals surface area contributed by atoms with Gasteiger partial charge in [-0.2, -0.15) is 0 Å². The van der Waals surface area contributed by atoms with Crippen molar-refractivity contribution in [1.82, 2.24) is 0 Å². The maximum atomic E-state index is 12.0. The molecular formula is C20H26O4. The fourth-order valence-corrected chi connectivity index (χ4v) is 3.93. The number of carbonyl (C=O) groups excluding carboxylic acids is 2. The minimum absolute atomic E-state index is 0.0200. The van der Waals surface area contributed by atoms with Gasteiger partial charge in [0.05, 0.1) is 5.92 Å². The van der Waals surface area contributed by atoms with Crippen LogP contribution in [0.4, 0.5) is 0 Å². The second-order valence-corrected chi connectivity index (χ2v) is 7.38. The van der Waals surface area contributed by atoms with Crippen LogP contribution in [0, 0.1) is 11.8 Å². The number of ether oxygens (including phenoxy) is 2. The Labute approximate surface area is 143 Å². The lowest BCUT2D eigenvalue weighted by Crippen LogP contribution is -2.16. The van der Waals surface area contributed by atoms with Crippen molar-refractivity contribution in [3.8, 4) is 0 Å². The summed E-state index contributed by atoms with van der Waals surface area (Å²) < 4.78 is 11.0. The first-order chi connectivity index (χ1) is 11.4. The van der Waals surface area contributed by atoms with Crippen LogP contribution in [0.25, 0.3) is 0 Å². The molecule has 4 heteroatoms. The van der Waals surface area contributed by atoms with Crippen molar-refractivity contribution < 1.29 is 19.1 Å². The molecule has 0 N–H and O–H groups in total. The summed E-state index contributed by atoms with van der Waals surface area (Å²) in [4.78, 5) is 23.9. The van der Waals surface area contributed by atoms with Crippen LogP contribution in [-0.2, 0) is 19.1 Å². The van der Waals surface area contributed by atoms with Crippen LogP contribution in [0.1, 0.15) is 52.4 Å². The van der Waals surface area contributed by atoms with Gasteiger partial charge in [0.2, 0.25) is 0 Å². The van der Waals surface area contributed by atoms with Gasteiger partial charge in [0.15, 0.2) is 0 Å². The molecule has 0 aromatic heterocycles. The normalized spacial score (nSPS) is 39.0. The molecule has 0 radical (unpaired) electrons. The molecule has 0 spiro atoms. The topological polar surface area (TPSA) is 52.6 Å². The largest absolute Gasteiger partial charge is 0.462 e. The summed E-state index contributed by atoms with van der Waals surface area (Å²) >= 11 is 0. The molecule has 3 rings (SSSR count). The van der Waals surface area contributed by atoms with Gasteiger partial charge >= 0.3 is 11.9 Å². The van der Waals surface area contributed by atoms with Crippen LogP contribution in [0.2, 0.25) is 0 Å². The molecule has 3 aliphatic rings. The van der Waals surface area contributed by atoms with Crippen molar-refractivity contribution in [3.05, 3.63) is 35.5 Å².